The van der Waals surface area contributed by atoms with Gasteiger partial charge in [-0.2, -0.15) is 0 Å². The zero-order valence-corrected chi connectivity index (χ0v) is 14.3. The standard InChI is InChI=1S/C20H23F3O2/c1-3-5-6-7-8-9-10-17-13-11-16(12-14-18(24)4-2)15-19(17)25-20(21,22)23/h2,11,13,15,18,24H,3,5-10H2,1H3. The first-order valence-corrected chi connectivity index (χ1v) is 8.40. The second kappa shape index (κ2) is 10.7. The van der Waals surface area contributed by atoms with E-state index in [1.807, 2.05) is 5.92 Å². The highest BCUT2D eigenvalue weighted by atomic mass is 19.4. The number of halogens is 3. The van der Waals surface area contributed by atoms with E-state index in [-0.39, 0.29) is 5.75 Å². The van der Waals surface area contributed by atoms with Gasteiger partial charge >= 0.3 is 6.36 Å². The molecule has 0 aliphatic heterocycles. The summed E-state index contributed by atoms with van der Waals surface area (Å²) in [5.41, 5.74) is 0.802. The fourth-order valence-electron chi connectivity index (χ4n) is 2.35. The van der Waals surface area contributed by atoms with Crippen molar-refractivity contribution in [3.05, 3.63) is 29.3 Å². The van der Waals surface area contributed by atoms with Gasteiger partial charge < -0.3 is 9.84 Å². The van der Waals surface area contributed by atoms with Crippen molar-refractivity contribution in [2.75, 3.05) is 0 Å². The van der Waals surface area contributed by atoms with Crippen LogP contribution >= 0.6 is 0 Å². The Bertz CT molecular complexity index is 633. The van der Waals surface area contributed by atoms with Crippen molar-refractivity contribution < 1.29 is 23.0 Å². The highest BCUT2D eigenvalue weighted by molar-refractivity contribution is 5.45. The molecule has 0 bridgehead atoms. The Morgan fingerprint density at radius 2 is 1.84 bits per heavy atom. The van der Waals surface area contributed by atoms with Crippen LogP contribution in [-0.4, -0.2) is 17.6 Å². The number of unbranched alkanes of at least 4 members (excludes halogenated alkanes) is 5. The molecule has 5 heteroatoms. The minimum Gasteiger partial charge on any atom is -0.405 e. The minimum absolute atomic E-state index is 0.247. The molecule has 136 valence electrons. The van der Waals surface area contributed by atoms with Crippen LogP contribution in [0.4, 0.5) is 13.2 Å². The lowest BCUT2D eigenvalue weighted by molar-refractivity contribution is -0.274. The lowest BCUT2D eigenvalue weighted by atomic mass is 10.0. The number of aliphatic hydroxyl groups excluding tert-OH is 1. The SMILES string of the molecule is C#CC(O)C#Cc1ccc(CCCCCCCC)c(OC(F)(F)F)c1. The molecule has 0 fully saturated rings. The van der Waals surface area contributed by atoms with Gasteiger partial charge in [0.15, 0.2) is 6.10 Å². The molecule has 0 amide bonds. The Balaban J connectivity index is 2.81. The van der Waals surface area contributed by atoms with Gasteiger partial charge in [0.05, 0.1) is 0 Å². The number of benzene rings is 1. The van der Waals surface area contributed by atoms with Crippen molar-refractivity contribution in [2.45, 2.75) is 64.3 Å². The molecule has 1 unspecified atom stereocenters. The Hall–Kier alpha value is -2.11. The summed E-state index contributed by atoms with van der Waals surface area (Å²) in [6.45, 7) is 2.13. The Labute approximate surface area is 147 Å². The van der Waals surface area contributed by atoms with Gasteiger partial charge in [0.2, 0.25) is 0 Å². The molecular formula is C20H23F3O2. The molecular weight excluding hydrogens is 329 g/mol. The molecule has 2 nitrogen and oxygen atoms in total. The third-order valence-electron chi connectivity index (χ3n) is 3.60. The Kier molecular flexibility index (Phi) is 8.95. The van der Waals surface area contributed by atoms with E-state index in [1.54, 1.807) is 12.1 Å². The van der Waals surface area contributed by atoms with E-state index in [2.05, 4.69) is 23.5 Å². The zero-order valence-electron chi connectivity index (χ0n) is 14.3. The van der Waals surface area contributed by atoms with Crippen LogP contribution in [0.25, 0.3) is 0 Å². The van der Waals surface area contributed by atoms with Gasteiger partial charge in [0.25, 0.3) is 0 Å². The van der Waals surface area contributed by atoms with Gasteiger partial charge in [0.1, 0.15) is 5.75 Å². The van der Waals surface area contributed by atoms with E-state index in [0.29, 0.717) is 17.5 Å². The largest absolute Gasteiger partial charge is 0.573 e. The summed E-state index contributed by atoms with van der Waals surface area (Å²) in [5, 5.41) is 9.21. The molecule has 25 heavy (non-hydrogen) atoms. The maximum Gasteiger partial charge on any atom is 0.573 e. The summed E-state index contributed by atoms with van der Waals surface area (Å²) < 4.78 is 42.0. The van der Waals surface area contributed by atoms with Gasteiger partial charge in [-0.1, -0.05) is 62.9 Å². The van der Waals surface area contributed by atoms with E-state index in [1.165, 1.54) is 12.5 Å². The number of aliphatic hydroxyl groups is 1. The van der Waals surface area contributed by atoms with Crippen LogP contribution in [-0.2, 0) is 6.42 Å². The number of terminal acetylenes is 1. The number of alkyl halides is 3. The fraction of sp³-hybridized carbons (Fsp3) is 0.500. The Morgan fingerprint density at radius 1 is 1.16 bits per heavy atom. The molecule has 0 radical (unpaired) electrons. The number of aryl methyl sites for hydroxylation is 1. The molecule has 0 aromatic heterocycles. The summed E-state index contributed by atoms with van der Waals surface area (Å²) in [4.78, 5) is 0. The molecule has 1 aromatic carbocycles. The van der Waals surface area contributed by atoms with Crippen LogP contribution in [0.5, 0.6) is 5.75 Å². The van der Waals surface area contributed by atoms with Crippen LogP contribution in [0, 0.1) is 24.2 Å². The lowest BCUT2D eigenvalue weighted by Crippen LogP contribution is -2.18. The molecule has 1 aromatic rings. The predicted octanol–water partition coefficient (Wildman–Crippen LogP) is 4.83. The van der Waals surface area contributed by atoms with Crippen molar-refractivity contribution in [3.63, 3.8) is 0 Å². The minimum atomic E-state index is -4.76. The number of ether oxygens (including phenoxy) is 1. The van der Waals surface area contributed by atoms with Gasteiger partial charge in [-0.25, -0.2) is 0 Å². The van der Waals surface area contributed by atoms with Crippen LogP contribution < -0.4 is 4.74 Å². The molecule has 0 saturated heterocycles. The molecule has 1 rings (SSSR count). The van der Waals surface area contributed by atoms with Gasteiger partial charge in [0, 0.05) is 5.56 Å². The zero-order chi connectivity index (χ0) is 18.7. The normalized spacial score (nSPS) is 12.0. The number of hydrogen-bond donors (Lipinski definition) is 1. The highest BCUT2D eigenvalue weighted by Gasteiger charge is 2.32. The van der Waals surface area contributed by atoms with Crippen molar-refractivity contribution >= 4 is 0 Å². The average Bonchev–Trinajstić information content (AvgIpc) is 2.55. The highest BCUT2D eigenvalue weighted by Crippen LogP contribution is 2.28. The lowest BCUT2D eigenvalue weighted by Gasteiger charge is -2.14. The van der Waals surface area contributed by atoms with Crippen LogP contribution in [0.1, 0.15) is 56.6 Å². The number of rotatable bonds is 8. The predicted molar refractivity (Wildman–Crippen MR) is 91.9 cm³/mol. The summed E-state index contributed by atoms with van der Waals surface area (Å²) in [5.74, 6) is 6.68. The van der Waals surface area contributed by atoms with Crippen molar-refractivity contribution in [3.8, 4) is 29.9 Å². The third kappa shape index (κ3) is 9.08. The number of hydrogen-bond acceptors (Lipinski definition) is 2. The van der Waals surface area contributed by atoms with E-state index >= 15 is 0 Å². The maximum atomic E-state index is 12.6. The molecule has 0 aliphatic carbocycles. The molecule has 1 N–H and O–H groups in total. The summed E-state index contributed by atoms with van der Waals surface area (Å²) in [6.07, 6.45) is 5.83. The molecule has 0 spiro atoms. The van der Waals surface area contributed by atoms with Crippen molar-refractivity contribution in [1.82, 2.24) is 0 Å². The third-order valence-corrected chi connectivity index (χ3v) is 3.60. The molecule has 1 atom stereocenters. The van der Waals surface area contributed by atoms with Gasteiger partial charge in [-0.15, -0.1) is 19.6 Å². The maximum absolute atomic E-state index is 12.6. The monoisotopic (exact) mass is 352 g/mol. The average molecular weight is 352 g/mol. The van der Waals surface area contributed by atoms with Crippen LogP contribution in [0.2, 0.25) is 0 Å². The molecule has 0 aliphatic rings. The second-order valence-corrected chi connectivity index (χ2v) is 5.73. The smallest absolute Gasteiger partial charge is 0.405 e. The summed E-state index contributed by atoms with van der Waals surface area (Å²) in [7, 11) is 0. The first-order chi connectivity index (χ1) is 11.9. The Morgan fingerprint density at radius 3 is 2.48 bits per heavy atom. The van der Waals surface area contributed by atoms with Crippen molar-refractivity contribution in [1.29, 1.82) is 0 Å². The second-order valence-electron chi connectivity index (χ2n) is 5.73. The van der Waals surface area contributed by atoms with Crippen LogP contribution in [0.15, 0.2) is 18.2 Å². The van der Waals surface area contributed by atoms with Crippen LogP contribution in [0.3, 0.4) is 0 Å². The molecule has 0 saturated carbocycles. The van der Waals surface area contributed by atoms with E-state index in [0.717, 1.165) is 32.1 Å². The summed E-state index contributed by atoms with van der Waals surface area (Å²) >= 11 is 0. The van der Waals surface area contributed by atoms with E-state index in [9.17, 15) is 18.3 Å². The van der Waals surface area contributed by atoms with Crippen molar-refractivity contribution in [2.24, 2.45) is 0 Å². The van der Waals surface area contributed by atoms with E-state index < -0.39 is 12.5 Å². The quantitative estimate of drug-likeness (QED) is 0.536. The van der Waals surface area contributed by atoms with Gasteiger partial charge in [-0.3, -0.25) is 0 Å². The molecule has 0 heterocycles. The topological polar surface area (TPSA) is 29.5 Å². The van der Waals surface area contributed by atoms with Gasteiger partial charge in [-0.05, 0) is 30.5 Å². The van der Waals surface area contributed by atoms with E-state index in [4.69, 9.17) is 6.42 Å². The fourth-order valence-corrected chi connectivity index (χ4v) is 2.35. The first kappa shape index (κ1) is 20.9. The summed E-state index contributed by atoms with van der Waals surface area (Å²) in [6, 6.07) is 4.42. The first-order valence-electron chi connectivity index (χ1n) is 8.40.